The minimum atomic E-state index is -0.571. The van der Waals surface area contributed by atoms with E-state index < -0.39 is 18.0 Å². The van der Waals surface area contributed by atoms with Gasteiger partial charge in [-0.25, -0.2) is 9.18 Å². The van der Waals surface area contributed by atoms with Gasteiger partial charge in [0.2, 0.25) is 5.91 Å². The van der Waals surface area contributed by atoms with Gasteiger partial charge < -0.3 is 20.2 Å². The Morgan fingerprint density at radius 2 is 2.32 bits per heavy atom. The molecule has 2 aliphatic heterocycles. The third-order valence-electron chi connectivity index (χ3n) is 4.22. The fourth-order valence-corrected chi connectivity index (χ4v) is 2.95. The standard InChI is InChI=1S/C16H19FN4O4/c1-10(22)18-7-13-9-21(16(23)25-13)12-2-3-15(14(17)6-12)20-5-4-11(8-20)19-24/h2-3,6,13,24H,4-5,7-9H2,1H3,(H,18,22)/b19-11-/t13-/m0/s1. The highest BCUT2D eigenvalue weighted by molar-refractivity contribution is 5.92. The van der Waals surface area contributed by atoms with Crippen molar-refractivity contribution < 1.29 is 23.9 Å². The number of anilines is 2. The first-order chi connectivity index (χ1) is 12.0. The Labute approximate surface area is 143 Å². The monoisotopic (exact) mass is 350 g/mol. The van der Waals surface area contributed by atoms with Crippen LogP contribution in [0, 0.1) is 5.82 Å². The first kappa shape index (κ1) is 17.0. The molecular weight excluding hydrogens is 331 g/mol. The summed E-state index contributed by atoms with van der Waals surface area (Å²) in [7, 11) is 0. The molecule has 8 nitrogen and oxygen atoms in total. The first-order valence-electron chi connectivity index (χ1n) is 7.95. The van der Waals surface area contributed by atoms with Gasteiger partial charge in [0.25, 0.3) is 0 Å². The molecule has 9 heteroatoms. The van der Waals surface area contributed by atoms with Gasteiger partial charge >= 0.3 is 6.09 Å². The number of nitrogens with one attached hydrogen (secondary N) is 1. The molecule has 2 N–H and O–H groups in total. The molecule has 0 spiro atoms. The molecule has 2 heterocycles. The van der Waals surface area contributed by atoms with Crippen LogP contribution in [-0.2, 0) is 9.53 Å². The van der Waals surface area contributed by atoms with Crippen molar-refractivity contribution in [2.75, 3.05) is 36.0 Å². The number of hydrogen-bond donors (Lipinski definition) is 2. The number of hydrogen-bond acceptors (Lipinski definition) is 6. The van der Waals surface area contributed by atoms with E-state index in [0.29, 0.717) is 36.6 Å². The highest BCUT2D eigenvalue weighted by atomic mass is 19.1. The Balaban J connectivity index is 1.70. The van der Waals surface area contributed by atoms with Crippen molar-refractivity contribution in [1.82, 2.24) is 5.32 Å². The van der Waals surface area contributed by atoms with E-state index in [1.165, 1.54) is 17.9 Å². The van der Waals surface area contributed by atoms with Crippen LogP contribution in [0.25, 0.3) is 0 Å². The second kappa shape index (κ2) is 6.96. The van der Waals surface area contributed by atoms with Gasteiger partial charge in [-0.2, -0.15) is 0 Å². The molecule has 1 aromatic carbocycles. The lowest BCUT2D eigenvalue weighted by atomic mass is 10.2. The number of oxime groups is 1. The number of nitrogens with zero attached hydrogens (tertiary/aromatic N) is 3. The van der Waals surface area contributed by atoms with Gasteiger partial charge in [-0.1, -0.05) is 5.16 Å². The van der Waals surface area contributed by atoms with Crippen LogP contribution in [0.4, 0.5) is 20.6 Å². The number of amides is 2. The van der Waals surface area contributed by atoms with Crippen LogP contribution in [0.2, 0.25) is 0 Å². The van der Waals surface area contributed by atoms with Crippen molar-refractivity contribution in [2.45, 2.75) is 19.4 Å². The second-order valence-corrected chi connectivity index (χ2v) is 6.03. The molecule has 1 aromatic rings. The SMILES string of the molecule is CC(=O)NC[C@H]1CN(c2ccc(N3CC/C(=N/O)C3)c(F)c2)C(=O)O1. The lowest BCUT2D eigenvalue weighted by molar-refractivity contribution is -0.119. The molecule has 0 radical (unpaired) electrons. The van der Waals surface area contributed by atoms with Gasteiger partial charge in [0.15, 0.2) is 0 Å². The van der Waals surface area contributed by atoms with Crippen LogP contribution >= 0.6 is 0 Å². The summed E-state index contributed by atoms with van der Waals surface area (Å²) >= 11 is 0. The average Bonchev–Trinajstić information content (AvgIpc) is 3.19. The third-order valence-corrected chi connectivity index (χ3v) is 4.22. The summed E-state index contributed by atoms with van der Waals surface area (Å²) in [4.78, 5) is 26.0. The van der Waals surface area contributed by atoms with Crippen LogP contribution in [0.15, 0.2) is 23.4 Å². The van der Waals surface area contributed by atoms with E-state index in [4.69, 9.17) is 9.94 Å². The minimum absolute atomic E-state index is 0.207. The molecule has 0 aromatic heterocycles. The lowest BCUT2D eigenvalue weighted by Crippen LogP contribution is -2.33. The predicted molar refractivity (Wildman–Crippen MR) is 88.8 cm³/mol. The zero-order chi connectivity index (χ0) is 18.0. The molecule has 2 aliphatic rings. The fourth-order valence-electron chi connectivity index (χ4n) is 2.95. The quantitative estimate of drug-likeness (QED) is 0.631. The van der Waals surface area contributed by atoms with Crippen LogP contribution in [0.1, 0.15) is 13.3 Å². The molecule has 3 rings (SSSR count). The van der Waals surface area contributed by atoms with E-state index in [0.717, 1.165) is 0 Å². The zero-order valence-corrected chi connectivity index (χ0v) is 13.7. The van der Waals surface area contributed by atoms with Crippen molar-refractivity contribution in [3.63, 3.8) is 0 Å². The maximum Gasteiger partial charge on any atom is 0.414 e. The van der Waals surface area contributed by atoms with Gasteiger partial charge in [-0.3, -0.25) is 9.69 Å². The van der Waals surface area contributed by atoms with Crippen molar-refractivity contribution in [3.05, 3.63) is 24.0 Å². The fraction of sp³-hybridized carbons (Fsp3) is 0.438. The van der Waals surface area contributed by atoms with Crippen molar-refractivity contribution in [2.24, 2.45) is 5.16 Å². The number of benzene rings is 1. The van der Waals surface area contributed by atoms with Crippen molar-refractivity contribution in [3.8, 4) is 0 Å². The van der Waals surface area contributed by atoms with Crippen molar-refractivity contribution >= 4 is 29.1 Å². The van der Waals surface area contributed by atoms with E-state index in [1.54, 1.807) is 17.0 Å². The molecule has 0 aliphatic carbocycles. The molecule has 1 atom stereocenters. The highest BCUT2D eigenvalue weighted by Crippen LogP contribution is 2.29. The summed E-state index contributed by atoms with van der Waals surface area (Å²) in [5.41, 5.74) is 1.39. The lowest BCUT2D eigenvalue weighted by Gasteiger charge is -2.20. The van der Waals surface area contributed by atoms with E-state index in [9.17, 15) is 14.0 Å². The summed E-state index contributed by atoms with van der Waals surface area (Å²) < 4.78 is 19.7. The minimum Gasteiger partial charge on any atom is -0.442 e. The summed E-state index contributed by atoms with van der Waals surface area (Å²) in [6.45, 7) is 2.78. The molecule has 0 bridgehead atoms. The molecule has 2 amide bonds. The van der Waals surface area contributed by atoms with Crippen LogP contribution in [0.5, 0.6) is 0 Å². The Kier molecular flexibility index (Phi) is 4.73. The first-order valence-corrected chi connectivity index (χ1v) is 7.95. The third kappa shape index (κ3) is 3.65. The van der Waals surface area contributed by atoms with Gasteiger partial charge in [0.1, 0.15) is 11.9 Å². The number of carbonyl (C=O) groups excluding carboxylic acids is 2. The van der Waals surface area contributed by atoms with E-state index >= 15 is 0 Å². The summed E-state index contributed by atoms with van der Waals surface area (Å²) in [5.74, 6) is -0.670. The molecule has 0 saturated carbocycles. The van der Waals surface area contributed by atoms with Gasteiger partial charge in [-0.15, -0.1) is 0 Å². The highest BCUT2D eigenvalue weighted by Gasteiger charge is 2.33. The second-order valence-electron chi connectivity index (χ2n) is 6.03. The molecular formula is C16H19FN4O4. The van der Waals surface area contributed by atoms with Gasteiger partial charge in [-0.05, 0) is 18.2 Å². The largest absolute Gasteiger partial charge is 0.442 e. The topological polar surface area (TPSA) is 94.5 Å². The normalized spacial score (nSPS) is 21.8. The number of carbonyl (C=O) groups is 2. The molecule has 0 unspecified atom stereocenters. The molecule has 2 saturated heterocycles. The smallest absolute Gasteiger partial charge is 0.414 e. The average molecular weight is 350 g/mol. The van der Waals surface area contributed by atoms with Gasteiger partial charge in [0, 0.05) is 19.9 Å². The number of rotatable bonds is 4. The number of halogens is 1. The van der Waals surface area contributed by atoms with E-state index in [1.807, 2.05) is 0 Å². The summed E-state index contributed by atoms with van der Waals surface area (Å²) in [6, 6.07) is 4.53. The summed E-state index contributed by atoms with van der Waals surface area (Å²) in [5, 5.41) is 14.6. The number of ether oxygens (including phenoxy) is 1. The summed E-state index contributed by atoms with van der Waals surface area (Å²) in [6.07, 6.45) is -0.458. The van der Waals surface area contributed by atoms with Crippen LogP contribution in [0.3, 0.4) is 0 Å². The Morgan fingerprint density at radius 1 is 1.52 bits per heavy atom. The van der Waals surface area contributed by atoms with Crippen LogP contribution < -0.4 is 15.1 Å². The van der Waals surface area contributed by atoms with E-state index in [-0.39, 0.29) is 19.0 Å². The number of cyclic esters (lactones) is 1. The molecule has 25 heavy (non-hydrogen) atoms. The predicted octanol–water partition coefficient (Wildman–Crippen LogP) is 1.33. The van der Waals surface area contributed by atoms with E-state index in [2.05, 4.69) is 10.5 Å². The van der Waals surface area contributed by atoms with Crippen molar-refractivity contribution in [1.29, 1.82) is 0 Å². The molecule has 2 fully saturated rings. The van der Waals surface area contributed by atoms with Crippen LogP contribution in [-0.4, -0.2) is 55.2 Å². The van der Waals surface area contributed by atoms with Gasteiger partial charge in [0.05, 0.1) is 36.7 Å². The zero-order valence-electron chi connectivity index (χ0n) is 13.7. The Morgan fingerprint density at radius 3 is 2.96 bits per heavy atom. The Hall–Kier alpha value is -2.84. The maximum absolute atomic E-state index is 14.5. The molecule has 134 valence electrons. The Bertz CT molecular complexity index is 724. The maximum atomic E-state index is 14.5.